The second-order valence-corrected chi connectivity index (χ2v) is 7.64. The molecule has 148 valence electrons. The van der Waals surface area contributed by atoms with Gasteiger partial charge in [-0.3, -0.25) is 14.2 Å². The highest BCUT2D eigenvalue weighted by Crippen LogP contribution is 2.30. The van der Waals surface area contributed by atoms with Crippen LogP contribution in [0.15, 0.2) is 57.6 Å². The predicted octanol–water partition coefficient (Wildman–Crippen LogP) is 3.96. The summed E-state index contributed by atoms with van der Waals surface area (Å²) in [6.07, 6.45) is 2.38. The average molecular weight is 407 g/mol. The molecule has 6 nitrogen and oxygen atoms in total. The molecule has 0 amide bonds. The summed E-state index contributed by atoms with van der Waals surface area (Å²) in [6.45, 7) is 4.51. The second-order valence-electron chi connectivity index (χ2n) is 6.78. The predicted molar refractivity (Wildman–Crippen MR) is 116 cm³/mol. The van der Waals surface area contributed by atoms with Gasteiger partial charge in [0.15, 0.2) is 5.75 Å². The molecule has 4 aromatic rings. The zero-order valence-corrected chi connectivity index (χ0v) is 17.1. The Balaban J connectivity index is 1.76. The fourth-order valence-electron chi connectivity index (χ4n) is 3.23. The molecular weight excluding hydrogens is 386 g/mol. The lowest BCUT2D eigenvalue weighted by molar-refractivity contribution is 0.313. The van der Waals surface area contributed by atoms with E-state index in [0.717, 1.165) is 22.4 Å². The van der Waals surface area contributed by atoms with Crippen molar-refractivity contribution in [2.45, 2.75) is 26.8 Å². The Morgan fingerprint density at radius 3 is 2.72 bits per heavy atom. The molecule has 0 saturated carbocycles. The molecule has 7 heteroatoms. The summed E-state index contributed by atoms with van der Waals surface area (Å²) in [4.78, 5) is 34.0. The minimum atomic E-state index is -0.201. The molecule has 3 heterocycles. The van der Waals surface area contributed by atoms with E-state index in [0.29, 0.717) is 23.5 Å². The summed E-state index contributed by atoms with van der Waals surface area (Å²) in [6, 6.07) is 11.3. The molecule has 0 radical (unpaired) electrons. The first kappa shape index (κ1) is 19.1. The number of pyridine rings is 1. The Kier molecular flexibility index (Phi) is 5.31. The van der Waals surface area contributed by atoms with Crippen LogP contribution >= 0.6 is 11.3 Å². The van der Waals surface area contributed by atoms with Crippen LogP contribution < -0.4 is 15.7 Å². The largest absolute Gasteiger partial charge is 0.488 e. The Morgan fingerprint density at radius 1 is 1.21 bits per heavy atom. The van der Waals surface area contributed by atoms with Crippen molar-refractivity contribution < 1.29 is 4.74 Å². The molecule has 0 aliphatic rings. The topological polar surface area (TPSA) is 77.0 Å². The Bertz CT molecular complexity index is 1270. The van der Waals surface area contributed by atoms with Gasteiger partial charge in [-0.1, -0.05) is 37.3 Å². The molecule has 0 aliphatic heterocycles. The van der Waals surface area contributed by atoms with Gasteiger partial charge in [0.2, 0.25) is 5.43 Å². The molecular formula is C22H21N3O3S. The monoisotopic (exact) mass is 407 g/mol. The number of aromatic nitrogens is 3. The Hall–Kier alpha value is -3.19. The van der Waals surface area contributed by atoms with Crippen molar-refractivity contribution in [1.29, 1.82) is 0 Å². The van der Waals surface area contributed by atoms with Crippen LogP contribution in [0.1, 0.15) is 24.9 Å². The van der Waals surface area contributed by atoms with Crippen LogP contribution in [0.4, 0.5) is 0 Å². The van der Waals surface area contributed by atoms with Gasteiger partial charge in [-0.2, -0.15) is 0 Å². The molecule has 0 unspecified atom stereocenters. The highest BCUT2D eigenvalue weighted by Gasteiger charge is 2.16. The maximum Gasteiger partial charge on any atom is 0.263 e. The van der Waals surface area contributed by atoms with Crippen molar-refractivity contribution in [3.63, 3.8) is 0 Å². The van der Waals surface area contributed by atoms with E-state index in [1.54, 1.807) is 17.7 Å². The van der Waals surface area contributed by atoms with E-state index in [-0.39, 0.29) is 23.3 Å². The maximum absolute atomic E-state index is 13.3. The number of aromatic amines is 1. The quantitative estimate of drug-likeness (QED) is 0.525. The summed E-state index contributed by atoms with van der Waals surface area (Å²) < 4.78 is 7.02. The number of benzene rings is 1. The van der Waals surface area contributed by atoms with Gasteiger partial charge in [-0.25, -0.2) is 4.98 Å². The first-order chi connectivity index (χ1) is 14.1. The van der Waals surface area contributed by atoms with E-state index in [9.17, 15) is 9.59 Å². The summed E-state index contributed by atoms with van der Waals surface area (Å²) in [5.74, 6) is 0.897. The summed E-state index contributed by atoms with van der Waals surface area (Å²) in [5.41, 5.74) is 2.18. The smallest absolute Gasteiger partial charge is 0.263 e. The van der Waals surface area contributed by atoms with Crippen molar-refractivity contribution in [3.05, 3.63) is 80.1 Å². The lowest BCUT2D eigenvalue weighted by Gasteiger charge is -2.11. The Labute approximate surface area is 171 Å². The molecule has 0 bridgehead atoms. The van der Waals surface area contributed by atoms with Gasteiger partial charge in [-0.15, -0.1) is 11.3 Å². The fraction of sp³-hybridized carbons (Fsp3) is 0.227. The van der Waals surface area contributed by atoms with Crippen LogP contribution in [0.25, 0.3) is 21.3 Å². The fourth-order valence-corrected chi connectivity index (χ4v) is 4.21. The number of aryl methyl sites for hydroxylation is 1. The normalized spacial score (nSPS) is 11.1. The van der Waals surface area contributed by atoms with Crippen molar-refractivity contribution in [1.82, 2.24) is 14.5 Å². The zero-order valence-electron chi connectivity index (χ0n) is 16.3. The van der Waals surface area contributed by atoms with Crippen molar-refractivity contribution >= 4 is 21.6 Å². The van der Waals surface area contributed by atoms with Gasteiger partial charge in [0.05, 0.1) is 18.5 Å². The van der Waals surface area contributed by atoms with Crippen molar-refractivity contribution in [3.8, 4) is 16.9 Å². The van der Waals surface area contributed by atoms with Crippen LogP contribution in [0.3, 0.4) is 0 Å². The van der Waals surface area contributed by atoms with Gasteiger partial charge in [-0.05, 0) is 18.9 Å². The van der Waals surface area contributed by atoms with Crippen LogP contribution in [-0.2, 0) is 6.54 Å². The SMILES string of the molecule is CCCOc1c[nH]c(Cn2c(C)nc3scc(-c4ccccc4)c3c2=O)cc1=O. The molecule has 0 aliphatic carbocycles. The molecule has 0 fully saturated rings. The molecule has 1 N–H and O–H groups in total. The third-order valence-corrected chi connectivity index (χ3v) is 5.57. The third kappa shape index (κ3) is 3.73. The van der Waals surface area contributed by atoms with E-state index in [1.165, 1.54) is 17.4 Å². The number of thiophene rings is 1. The molecule has 3 aromatic heterocycles. The molecule has 0 saturated heterocycles. The number of nitrogens with one attached hydrogen (secondary N) is 1. The number of hydrogen-bond acceptors (Lipinski definition) is 5. The minimum Gasteiger partial charge on any atom is -0.488 e. The highest BCUT2D eigenvalue weighted by atomic mass is 32.1. The lowest BCUT2D eigenvalue weighted by Crippen LogP contribution is -2.25. The standard InChI is InChI=1S/C22H21N3O3S/c1-3-9-28-19-11-23-16(10-18(19)26)12-25-14(2)24-21-20(22(25)27)17(13-29-21)15-7-5-4-6-8-15/h4-8,10-11,13H,3,9,12H2,1-2H3,(H,23,26). The zero-order chi connectivity index (χ0) is 20.4. The number of hydrogen-bond donors (Lipinski definition) is 1. The van der Waals surface area contributed by atoms with Crippen LogP contribution in [0.2, 0.25) is 0 Å². The summed E-state index contributed by atoms with van der Waals surface area (Å²) in [5, 5.41) is 2.58. The van der Waals surface area contributed by atoms with E-state index >= 15 is 0 Å². The van der Waals surface area contributed by atoms with E-state index in [4.69, 9.17) is 4.74 Å². The molecule has 0 atom stereocenters. The minimum absolute atomic E-state index is 0.111. The van der Waals surface area contributed by atoms with E-state index < -0.39 is 0 Å². The second kappa shape index (κ2) is 8.05. The van der Waals surface area contributed by atoms with Crippen molar-refractivity contribution in [2.24, 2.45) is 0 Å². The maximum atomic E-state index is 13.3. The number of H-pyrrole nitrogens is 1. The molecule has 29 heavy (non-hydrogen) atoms. The number of rotatable bonds is 6. The molecule has 0 spiro atoms. The van der Waals surface area contributed by atoms with Crippen LogP contribution in [-0.4, -0.2) is 21.1 Å². The summed E-state index contributed by atoms with van der Waals surface area (Å²) in [7, 11) is 0. The molecule has 1 aromatic carbocycles. The first-order valence-electron chi connectivity index (χ1n) is 9.47. The van der Waals surface area contributed by atoms with Crippen LogP contribution in [0, 0.1) is 6.92 Å². The number of fused-ring (bicyclic) bond motifs is 1. The van der Waals surface area contributed by atoms with Gasteiger partial charge in [0, 0.05) is 28.9 Å². The van der Waals surface area contributed by atoms with Gasteiger partial charge >= 0.3 is 0 Å². The molecule has 4 rings (SSSR count). The average Bonchev–Trinajstić information content (AvgIpc) is 3.15. The van der Waals surface area contributed by atoms with Gasteiger partial charge < -0.3 is 9.72 Å². The number of nitrogens with zero attached hydrogens (tertiary/aromatic N) is 2. The first-order valence-corrected chi connectivity index (χ1v) is 10.3. The van der Waals surface area contributed by atoms with Crippen LogP contribution in [0.5, 0.6) is 5.75 Å². The van der Waals surface area contributed by atoms with E-state index in [1.807, 2.05) is 42.6 Å². The highest BCUT2D eigenvalue weighted by molar-refractivity contribution is 7.17. The number of ether oxygens (including phenoxy) is 1. The summed E-state index contributed by atoms with van der Waals surface area (Å²) >= 11 is 1.47. The third-order valence-electron chi connectivity index (χ3n) is 4.70. The van der Waals surface area contributed by atoms with E-state index in [2.05, 4.69) is 9.97 Å². The van der Waals surface area contributed by atoms with Gasteiger partial charge in [0.25, 0.3) is 5.56 Å². The Morgan fingerprint density at radius 2 is 2.00 bits per heavy atom. The van der Waals surface area contributed by atoms with Crippen molar-refractivity contribution in [2.75, 3.05) is 6.61 Å². The van der Waals surface area contributed by atoms with Gasteiger partial charge in [0.1, 0.15) is 10.7 Å². The lowest BCUT2D eigenvalue weighted by atomic mass is 10.1.